The fourth-order valence-electron chi connectivity index (χ4n) is 2.83. The lowest BCUT2D eigenvalue weighted by Gasteiger charge is -2.19. The maximum atomic E-state index is 2.29. The smallest absolute Gasteiger partial charge is 0.0683 e. The van der Waals surface area contributed by atoms with Crippen molar-refractivity contribution in [3.05, 3.63) is 90.0 Å². The van der Waals surface area contributed by atoms with Crippen LogP contribution in [0.25, 0.3) is 0 Å². The topological polar surface area (TPSA) is 0 Å². The van der Waals surface area contributed by atoms with Crippen LogP contribution in [-0.4, -0.2) is 0 Å². The van der Waals surface area contributed by atoms with Crippen molar-refractivity contribution in [2.45, 2.75) is 62.6 Å². The molecule has 0 spiro atoms. The van der Waals surface area contributed by atoms with E-state index in [9.17, 15) is 0 Å². The maximum Gasteiger partial charge on any atom is 0.170 e. The van der Waals surface area contributed by atoms with Crippen LogP contribution in [0, 0.1) is 0 Å². The van der Waals surface area contributed by atoms with Gasteiger partial charge in [-0.25, -0.2) is 0 Å². The normalized spacial score (nSPS) is 11.2. The molecule has 0 saturated heterocycles. The zero-order valence-corrected chi connectivity index (χ0v) is 17.9. The van der Waals surface area contributed by atoms with E-state index in [0.717, 1.165) is 6.42 Å². The zero-order chi connectivity index (χ0) is 19.4. The van der Waals surface area contributed by atoms with Crippen LogP contribution >= 0.6 is 0 Å². The van der Waals surface area contributed by atoms with Gasteiger partial charge >= 0.3 is 0 Å². The number of benzene rings is 3. The van der Waals surface area contributed by atoms with Crippen molar-refractivity contribution < 1.29 is 0 Å². The molecule has 26 heavy (non-hydrogen) atoms. The van der Waals surface area contributed by atoms with Crippen LogP contribution in [0.2, 0.25) is 0 Å². The number of fused-ring (bicyclic) bond motifs is 2. The standard InChI is InChI=1S/C19H15S.3C2H6/c1-2-10-17(11-3-1)20-18-12-6-4-8-15(18)14-16-9-5-7-13-19(16)20;3*1-2/h1-13H,14H2;3*1-2H3/q+1;;;. The van der Waals surface area contributed by atoms with Crippen LogP contribution < -0.4 is 0 Å². The van der Waals surface area contributed by atoms with Crippen LogP contribution in [0.3, 0.4) is 0 Å². The summed E-state index contributed by atoms with van der Waals surface area (Å²) < 4.78 is 0. The largest absolute Gasteiger partial charge is 0.170 e. The van der Waals surface area contributed by atoms with Gasteiger partial charge in [0.05, 0.1) is 10.9 Å². The van der Waals surface area contributed by atoms with Gasteiger partial charge in [-0.3, -0.25) is 0 Å². The van der Waals surface area contributed by atoms with E-state index in [1.54, 1.807) is 0 Å². The first kappa shape index (κ1) is 22.1. The third-order valence-corrected chi connectivity index (χ3v) is 6.16. The molecule has 0 amide bonds. The van der Waals surface area contributed by atoms with Gasteiger partial charge in [-0.2, -0.15) is 0 Å². The minimum atomic E-state index is 0.0421. The fourth-order valence-corrected chi connectivity index (χ4v) is 5.24. The molecule has 0 radical (unpaired) electrons. The summed E-state index contributed by atoms with van der Waals surface area (Å²) in [5.74, 6) is 0. The lowest BCUT2D eigenvalue weighted by Crippen LogP contribution is -2.15. The van der Waals surface area contributed by atoms with Crippen LogP contribution in [0.1, 0.15) is 52.7 Å². The zero-order valence-electron chi connectivity index (χ0n) is 17.1. The summed E-state index contributed by atoms with van der Waals surface area (Å²) in [6.45, 7) is 12.0. The molecule has 3 aromatic rings. The highest BCUT2D eigenvalue weighted by Gasteiger charge is 2.36. The number of rotatable bonds is 1. The van der Waals surface area contributed by atoms with Gasteiger partial charge in [-0.15, -0.1) is 0 Å². The van der Waals surface area contributed by atoms with Crippen LogP contribution in [-0.2, 0) is 17.3 Å². The second-order valence-electron chi connectivity index (χ2n) is 5.01. The summed E-state index contributed by atoms with van der Waals surface area (Å²) in [5.41, 5.74) is 2.94. The predicted molar refractivity (Wildman–Crippen MR) is 118 cm³/mol. The van der Waals surface area contributed by atoms with Gasteiger partial charge < -0.3 is 0 Å². The molecular weight excluding hydrogens is 332 g/mol. The van der Waals surface area contributed by atoms with Gasteiger partial charge in [-0.05, 0) is 24.3 Å². The SMILES string of the molecule is CC.CC.CC.c1ccc([S+]2c3ccccc3Cc3ccccc32)cc1. The molecule has 0 fully saturated rings. The van der Waals surface area contributed by atoms with Gasteiger partial charge in [0.1, 0.15) is 0 Å². The summed E-state index contributed by atoms with van der Waals surface area (Å²) in [6.07, 6.45) is 1.06. The Balaban J connectivity index is 0.000000515. The van der Waals surface area contributed by atoms with Crippen molar-refractivity contribution in [1.82, 2.24) is 0 Å². The van der Waals surface area contributed by atoms with Gasteiger partial charge in [0.15, 0.2) is 14.7 Å². The molecule has 4 rings (SSSR count). The Morgan fingerprint density at radius 3 is 1.35 bits per heavy atom. The lowest BCUT2D eigenvalue weighted by atomic mass is 10.0. The van der Waals surface area contributed by atoms with Gasteiger partial charge in [0.25, 0.3) is 0 Å². The van der Waals surface area contributed by atoms with Crippen molar-refractivity contribution in [2.24, 2.45) is 0 Å². The molecule has 0 unspecified atom stereocenters. The van der Waals surface area contributed by atoms with Crippen molar-refractivity contribution >= 4 is 10.9 Å². The minimum Gasteiger partial charge on any atom is -0.0683 e. The molecule has 0 aromatic heterocycles. The molecule has 3 aromatic carbocycles. The second-order valence-corrected chi connectivity index (χ2v) is 6.97. The van der Waals surface area contributed by atoms with Gasteiger partial charge in [-0.1, -0.05) is 96.1 Å². The summed E-state index contributed by atoms with van der Waals surface area (Å²) in [4.78, 5) is 4.38. The molecule has 1 aliphatic rings. The molecule has 1 heteroatoms. The first-order chi connectivity index (χ1) is 12.9. The highest BCUT2D eigenvalue weighted by atomic mass is 32.2. The fraction of sp³-hybridized carbons (Fsp3) is 0.280. The Labute approximate surface area is 163 Å². The second kappa shape index (κ2) is 12.4. The van der Waals surface area contributed by atoms with Crippen molar-refractivity contribution in [3.63, 3.8) is 0 Å². The third kappa shape index (κ3) is 5.02. The van der Waals surface area contributed by atoms with Crippen LogP contribution in [0.15, 0.2) is 93.5 Å². The molecular formula is C25H33S+. The Hall–Kier alpha value is -1.99. The first-order valence-corrected chi connectivity index (χ1v) is 11.1. The average Bonchev–Trinajstić information content (AvgIpc) is 2.77. The maximum absolute atomic E-state index is 2.29. The monoisotopic (exact) mass is 365 g/mol. The molecule has 0 atom stereocenters. The van der Waals surface area contributed by atoms with Crippen molar-refractivity contribution in [1.29, 1.82) is 0 Å². The van der Waals surface area contributed by atoms with E-state index in [1.165, 1.54) is 25.8 Å². The summed E-state index contributed by atoms with van der Waals surface area (Å²) in [6, 6.07) is 28.6. The summed E-state index contributed by atoms with van der Waals surface area (Å²) in [5, 5.41) is 0. The van der Waals surface area contributed by atoms with E-state index < -0.39 is 0 Å². The molecule has 0 aliphatic carbocycles. The van der Waals surface area contributed by atoms with Crippen LogP contribution in [0.5, 0.6) is 0 Å². The van der Waals surface area contributed by atoms with E-state index in [2.05, 4.69) is 78.9 Å². The van der Waals surface area contributed by atoms with Gasteiger partial charge in [0, 0.05) is 17.5 Å². The Morgan fingerprint density at radius 2 is 0.885 bits per heavy atom. The highest BCUT2D eigenvalue weighted by Crippen LogP contribution is 2.39. The predicted octanol–water partition coefficient (Wildman–Crippen LogP) is 7.76. The molecule has 0 saturated carbocycles. The minimum absolute atomic E-state index is 0.0421. The Kier molecular flexibility index (Phi) is 10.5. The molecule has 1 aliphatic heterocycles. The van der Waals surface area contributed by atoms with E-state index in [-0.39, 0.29) is 10.9 Å². The molecule has 1 heterocycles. The number of hydrogen-bond donors (Lipinski definition) is 0. The van der Waals surface area contributed by atoms with E-state index in [0.29, 0.717) is 0 Å². The highest BCUT2D eigenvalue weighted by molar-refractivity contribution is 7.97. The first-order valence-electron chi connectivity index (χ1n) is 9.88. The lowest BCUT2D eigenvalue weighted by molar-refractivity contribution is 1.04. The molecule has 0 bridgehead atoms. The summed E-state index contributed by atoms with van der Waals surface area (Å²) >= 11 is 0. The quantitative estimate of drug-likeness (QED) is 0.302. The van der Waals surface area contributed by atoms with Crippen molar-refractivity contribution in [2.75, 3.05) is 0 Å². The Bertz CT molecular complexity index is 701. The van der Waals surface area contributed by atoms with E-state index in [1.807, 2.05) is 41.5 Å². The van der Waals surface area contributed by atoms with E-state index >= 15 is 0 Å². The molecule has 138 valence electrons. The third-order valence-electron chi connectivity index (χ3n) is 3.74. The van der Waals surface area contributed by atoms with Gasteiger partial charge in [0.2, 0.25) is 0 Å². The Morgan fingerprint density at radius 1 is 0.500 bits per heavy atom. The van der Waals surface area contributed by atoms with Crippen LogP contribution in [0.4, 0.5) is 0 Å². The summed E-state index contributed by atoms with van der Waals surface area (Å²) in [7, 11) is 0.0421. The van der Waals surface area contributed by atoms with E-state index in [4.69, 9.17) is 0 Å². The average molecular weight is 366 g/mol. The number of hydrogen-bond acceptors (Lipinski definition) is 0. The van der Waals surface area contributed by atoms with Crippen molar-refractivity contribution in [3.8, 4) is 0 Å². The molecule has 0 nitrogen and oxygen atoms in total. The molecule has 0 N–H and O–H groups in total.